The lowest BCUT2D eigenvalue weighted by molar-refractivity contribution is -0.134. The average Bonchev–Trinajstić information content (AvgIpc) is 2.25. The number of hydrogen-bond donors (Lipinski definition) is 2. The van der Waals surface area contributed by atoms with E-state index >= 15 is 0 Å². The number of carbonyl (C=O) groups excluding carboxylic acids is 1. The predicted octanol–water partition coefficient (Wildman–Crippen LogP) is 2.08. The van der Waals surface area contributed by atoms with Crippen molar-refractivity contribution in [2.75, 3.05) is 13.1 Å². The number of carboxylic acid groups (broad SMARTS) is 1. The lowest BCUT2D eigenvalue weighted by Gasteiger charge is -2.39. The van der Waals surface area contributed by atoms with Gasteiger partial charge in [-0.25, -0.2) is 4.79 Å². The van der Waals surface area contributed by atoms with Gasteiger partial charge in [-0.3, -0.25) is 4.79 Å². The molecule has 0 spiro atoms. The van der Waals surface area contributed by atoms with Gasteiger partial charge in [0.15, 0.2) is 0 Å². The first kappa shape index (κ1) is 18.7. The molecule has 1 amide bonds. The summed E-state index contributed by atoms with van der Waals surface area (Å²) in [4.78, 5) is 22.9. The third-order valence-electron chi connectivity index (χ3n) is 2.71. The summed E-state index contributed by atoms with van der Waals surface area (Å²) in [6, 6.07) is 0.598. The molecule has 20 heavy (non-hydrogen) atoms. The molecule has 0 radical (unpaired) electrons. The predicted molar refractivity (Wildman–Crippen MR) is 77.8 cm³/mol. The van der Waals surface area contributed by atoms with Gasteiger partial charge in [0.25, 0.3) is 5.97 Å². The first-order valence-corrected chi connectivity index (χ1v) is 6.99. The molecule has 0 aromatic carbocycles. The summed E-state index contributed by atoms with van der Waals surface area (Å²) in [7, 11) is 0. The van der Waals surface area contributed by atoms with Crippen molar-refractivity contribution in [2.45, 2.75) is 65.6 Å². The zero-order valence-electron chi connectivity index (χ0n) is 13.4. The van der Waals surface area contributed by atoms with Crippen LogP contribution in [0.1, 0.15) is 48.0 Å². The number of nitrogens with zero attached hydrogens (tertiary/aromatic N) is 1. The van der Waals surface area contributed by atoms with Crippen molar-refractivity contribution < 1.29 is 19.4 Å². The number of carboxylic acids is 1. The molecule has 0 bridgehead atoms. The van der Waals surface area contributed by atoms with E-state index in [0.717, 1.165) is 26.4 Å². The van der Waals surface area contributed by atoms with Crippen molar-refractivity contribution in [3.8, 4) is 0 Å². The molecule has 1 heterocycles. The van der Waals surface area contributed by atoms with Crippen LogP contribution in [0, 0.1) is 0 Å². The monoisotopic (exact) mass is 288 g/mol. The van der Waals surface area contributed by atoms with Crippen LogP contribution in [0.3, 0.4) is 0 Å². The van der Waals surface area contributed by atoms with E-state index in [4.69, 9.17) is 14.6 Å². The van der Waals surface area contributed by atoms with Crippen LogP contribution in [0.5, 0.6) is 0 Å². The Kier molecular flexibility index (Phi) is 7.57. The zero-order chi connectivity index (χ0) is 15.9. The average molecular weight is 288 g/mol. The molecule has 1 rings (SSSR count). The van der Waals surface area contributed by atoms with E-state index in [0.29, 0.717) is 6.04 Å². The van der Waals surface area contributed by atoms with Crippen molar-refractivity contribution in [3.63, 3.8) is 0 Å². The summed E-state index contributed by atoms with van der Waals surface area (Å²) in [5.74, 6) is -0.833. The van der Waals surface area contributed by atoms with E-state index in [9.17, 15) is 4.79 Å². The summed E-state index contributed by atoms with van der Waals surface area (Å²) >= 11 is 0. The lowest BCUT2D eigenvalue weighted by Crippen LogP contribution is -2.57. The fourth-order valence-electron chi connectivity index (χ4n) is 1.86. The van der Waals surface area contributed by atoms with Crippen LogP contribution in [0.15, 0.2) is 0 Å². The van der Waals surface area contributed by atoms with Crippen LogP contribution in [-0.2, 0) is 9.53 Å². The van der Waals surface area contributed by atoms with Crippen LogP contribution in [-0.4, -0.2) is 52.8 Å². The molecule has 0 aliphatic carbocycles. The third kappa shape index (κ3) is 7.99. The summed E-state index contributed by atoms with van der Waals surface area (Å²) in [5.41, 5.74) is -0.413. The van der Waals surface area contributed by atoms with Crippen LogP contribution < -0.4 is 5.32 Å². The number of nitrogens with one attached hydrogen (secondary N) is 1. The summed E-state index contributed by atoms with van der Waals surface area (Å²) in [6.45, 7) is 12.6. The molecule has 1 aliphatic rings. The van der Waals surface area contributed by atoms with Crippen molar-refractivity contribution in [2.24, 2.45) is 0 Å². The van der Waals surface area contributed by atoms with Crippen LogP contribution >= 0.6 is 0 Å². The minimum absolute atomic E-state index is 0.187. The Bertz CT molecular complexity index is 322. The van der Waals surface area contributed by atoms with Gasteiger partial charge >= 0.3 is 6.09 Å². The summed E-state index contributed by atoms with van der Waals surface area (Å²) in [6.07, 6.45) is 0.770. The van der Waals surface area contributed by atoms with Gasteiger partial charge in [-0.05, 0) is 34.1 Å². The van der Waals surface area contributed by atoms with Gasteiger partial charge in [-0.2, -0.15) is 0 Å². The highest BCUT2D eigenvalue weighted by atomic mass is 16.6. The van der Waals surface area contributed by atoms with Crippen molar-refractivity contribution in [1.82, 2.24) is 10.2 Å². The fraction of sp³-hybridized carbons (Fsp3) is 0.857. The first-order chi connectivity index (χ1) is 9.06. The highest BCUT2D eigenvalue weighted by molar-refractivity contribution is 5.68. The number of aliphatic carboxylic acids is 1. The highest BCUT2D eigenvalue weighted by Gasteiger charge is 2.31. The molecule has 6 nitrogen and oxygen atoms in total. The first-order valence-electron chi connectivity index (χ1n) is 6.99. The number of rotatable bonds is 1. The molecule has 0 saturated carbocycles. The van der Waals surface area contributed by atoms with Gasteiger partial charge in [0.1, 0.15) is 5.60 Å². The van der Waals surface area contributed by atoms with E-state index in [2.05, 4.69) is 19.2 Å². The quantitative estimate of drug-likeness (QED) is 0.772. The maximum Gasteiger partial charge on any atom is 0.410 e. The highest BCUT2D eigenvalue weighted by Crippen LogP contribution is 2.16. The Morgan fingerprint density at radius 1 is 1.40 bits per heavy atom. The Hall–Kier alpha value is -1.30. The Morgan fingerprint density at radius 3 is 2.30 bits per heavy atom. The van der Waals surface area contributed by atoms with Gasteiger partial charge in [-0.1, -0.05) is 6.92 Å². The van der Waals surface area contributed by atoms with Gasteiger partial charge in [0, 0.05) is 32.1 Å². The van der Waals surface area contributed by atoms with Crippen molar-refractivity contribution >= 4 is 12.1 Å². The molecule has 6 heteroatoms. The minimum atomic E-state index is -0.833. The number of ether oxygens (including phenoxy) is 1. The van der Waals surface area contributed by atoms with E-state index < -0.39 is 11.6 Å². The van der Waals surface area contributed by atoms with Gasteiger partial charge in [0.2, 0.25) is 0 Å². The standard InChI is InChI=1S/C12H24N2O2.C2H4O2/c1-6-10-7-13-9(2)8-14(10)11(15)16-12(3,4)5;1-2(3)4/h9-10,13H,6-8H2,1-5H3;1H3,(H,3,4)/t9-,10+;/m1./s1. The number of hydrogen-bond acceptors (Lipinski definition) is 4. The second-order valence-corrected chi connectivity index (χ2v) is 6.02. The largest absolute Gasteiger partial charge is 0.481 e. The number of carbonyl (C=O) groups is 2. The smallest absolute Gasteiger partial charge is 0.410 e. The molecule has 1 fully saturated rings. The van der Waals surface area contributed by atoms with E-state index in [1.165, 1.54) is 0 Å². The van der Waals surface area contributed by atoms with Gasteiger partial charge in [-0.15, -0.1) is 0 Å². The third-order valence-corrected chi connectivity index (χ3v) is 2.71. The summed E-state index contributed by atoms with van der Waals surface area (Å²) in [5, 5.41) is 10.8. The molecule has 1 saturated heterocycles. The van der Waals surface area contributed by atoms with E-state index in [-0.39, 0.29) is 12.1 Å². The molecule has 0 aromatic heterocycles. The lowest BCUT2D eigenvalue weighted by atomic mass is 10.1. The Morgan fingerprint density at radius 2 is 1.90 bits per heavy atom. The molecule has 1 aliphatic heterocycles. The van der Waals surface area contributed by atoms with Crippen molar-refractivity contribution in [3.05, 3.63) is 0 Å². The van der Waals surface area contributed by atoms with Crippen LogP contribution in [0.2, 0.25) is 0 Å². The van der Waals surface area contributed by atoms with Gasteiger partial charge < -0.3 is 20.1 Å². The Balaban J connectivity index is 0.000000796. The fourth-order valence-corrected chi connectivity index (χ4v) is 1.86. The molecule has 0 aromatic rings. The SMILES string of the molecule is CC(=O)O.CC[C@H]1CN[C@H](C)CN1C(=O)OC(C)(C)C. The summed E-state index contributed by atoms with van der Waals surface area (Å²) < 4.78 is 5.42. The molecule has 118 valence electrons. The normalized spacial score (nSPS) is 22.6. The van der Waals surface area contributed by atoms with Crippen LogP contribution in [0.4, 0.5) is 4.79 Å². The van der Waals surface area contributed by atoms with Gasteiger partial charge in [0.05, 0.1) is 0 Å². The van der Waals surface area contributed by atoms with E-state index in [1.807, 2.05) is 25.7 Å². The minimum Gasteiger partial charge on any atom is -0.481 e. The molecule has 0 unspecified atom stereocenters. The van der Waals surface area contributed by atoms with Crippen molar-refractivity contribution in [1.29, 1.82) is 0 Å². The second-order valence-electron chi connectivity index (χ2n) is 6.02. The number of piperazine rings is 1. The topological polar surface area (TPSA) is 78.9 Å². The van der Waals surface area contributed by atoms with E-state index in [1.54, 1.807) is 0 Å². The molecular formula is C14H28N2O4. The molecule has 2 atom stereocenters. The maximum absolute atomic E-state index is 12.0. The molecule has 2 N–H and O–H groups in total. The Labute approximate surface area is 121 Å². The zero-order valence-corrected chi connectivity index (χ0v) is 13.4. The molecular weight excluding hydrogens is 260 g/mol. The maximum atomic E-state index is 12.0. The number of amides is 1. The second kappa shape index (κ2) is 8.09. The van der Waals surface area contributed by atoms with Crippen LogP contribution in [0.25, 0.3) is 0 Å².